The van der Waals surface area contributed by atoms with Crippen LogP contribution >= 0.6 is 23.2 Å². The summed E-state index contributed by atoms with van der Waals surface area (Å²) in [6.07, 6.45) is 1.62. The lowest BCUT2D eigenvalue weighted by molar-refractivity contribution is 1.31. The minimum absolute atomic E-state index is 0.334. The van der Waals surface area contributed by atoms with Crippen LogP contribution in [0.2, 0.25) is 10.2 Å². The lowest BCUT2D eigenvalue weighted by atomic mass is 10.4. The molecule has 1 aromatic rings. The molecule has 2 nitrogen and oxygen atoms in total. The van der Waals surface area contributed by atoms with Gasteiger partial charge in [-0.1, -0.05) is 23.2 Å². The van der Waals surface area contributed by atoms with Crippen LogP contribution in [0.1, 0.15) is 0 Å². The van der Waals surface area contributed by atoms with Crippen molar-refractivity contribution in [1.29, 1.82) is 0 Å². The molecule has 0 radical (unpaired) electrons. The Hall–Kier alpha value is -0.470. The van der Waals surface area contributed by atoms with Gasteiger partial charge in [0.15, 0.2) is 0 Å². The van der Waals surface area contributed by atoms with Crippen LogP contribution in [0.3, 0.4) is 0 Å². The molecule has 0 atom stereocenters. The molecule has 0 fully saturated rings. The highest BCUT2D eigenvalue weighted by atomic mass is 35.5. The average molecular weight is 177 g/mol. The van der Waals surface area contributed by atoms with Crippen LogP contribution in [-0.2, 0) is 0 Å². The van der Waals surface area contributed by atoms with Crippen molar-refractivity contribution < 1.29 is 0 Å². The van der Waals surface area contributed by atoms with Crippen molar-refractivity contribution in [3.05, 3.63) is 22.4 Å². The normalized spacial score (nSPS) is 9.50. The van der Waals surface area contributed by atoms with Crippen LogP contribution in [0, 0.1) is 0 Å². The van der Waals surface area contributed by atoms with E-state index >= 15 is 0 Å². The molecule has 54 valence electrons. The fourth-order valence-electron chi connectivity index (χ4n) is 0.558. The molecule has 0 bridgehead atoms. The van der Waals surface area contributed by atoms with Gasteiger partial charge in [0.25, 0.3) is 0 Å². The van der Waals surface area contributed by atoms with Crippen LogP contribution in [0.25, 0.3) is 0 Å². The molecule has 0 saturated carbocycles. The summed E-state index contributed by atoms with van der Waals surface area (Å²) < 4.78 is 0. The molecule has 1 rings (SSSR count). The molecule has 0 amide bonds. The highest BCUT2D eigenvalue weighted by Crippen LogP contribution is 2.21. The summed E-state index contributed by atoms with van der Waals surface area (Å²) in [5.74, 6) is 0. The second-order valence-corrected chi connectivity index (χ2v) is 2.51. The smallest absolute Gasteiger partial charge is 0.147 e. The number of aromatic nitrogens is 1. The van der Waals surface area contributed by atoms with Gasteiger partial charge in [0.1, 0.15) is 5.15 Å². The number of pyridine rings is 1. The number of nitrogens with one attached hydrogen (secondary N) is 1. The molecule has 0 unspecified atom stereocenters. The Morgan fingerprint density at radius 2 is 2.20 bits per heavy atom. The third-order valence-corrected chi connectivity index (χ3v) is 1.77. The highest BCUT2D eigenvalue weighted by molar-refractivity contribution is 6.41. The van der Waals surface area contributed by atoms with E-state index in [4.69, 9.17) is 23.2 Å². The zero-order valence-electron chi connectivity index (χ0n) is 5.36. The lowest BCUT2D eigenvalue weighted by Crippen LogP contribution is -1.88. The van der Waals surface area contributed by atoms with Crippen molar-refractivity contribution in [3.63, 3.8) is 0 Å². The predicted octanol–water partition coefficient (Wildman–Crippen LogP) is 2.43. The number of rotatable bonds is 1. The maximum Gasteiger partial charge on any atom is 0.147 e. The number of hydrogen-bond acceptors (Lipinski definition) is 2. The summed E-state index contributed by atoms with van der Waals surface area (Å²) in [7, 11) is 1.79. The van der Waals surface area contributed by atoms with E-state index in [-0.39, 0.29) is 0 Å². The Balaban J connectivity index is 3.04. The topological polar surface area (TPSA) is 24.9 Å². The summed E-state index contributed by atoms with van der Waals surface area (Å²) in [6.45, 7) is 0. The highest BCUT2D eigenvalue weighted by Gasteiger charge is 1.97. The third kappa shape index (κ3) is 1.52. The minimum atomic E-state index is 0.334. The van der Waals surface area contributed by atoms with E-state index in [1.54, 1.807) is 19.3 Å². The number of nitrogens with zero attached hydrogens (tertiary/aromatic N) is 1. The van der Waals surface area contributed by atoms with Crippen molar-refractivity contribution in [2.24, 2.45) is 0 Å². The van der Waals surface area contributed by atoms with Gasteiger partial charge in [0.05, 0.1) is 16.9 Å². The Kier molecular flexibility index (Phi) is 2.35. The van der Waals surface area contributed by atoms with Gasteiger partial charge in [-0.05, 0) is 6.07 Å². The van der Waals surface area contributed by atoms with Crippen molar-refractivity contribution in [1.82, 2.24) is 4.98 Å². The van der Waals surface area contributed by atoms with Gasteiger partial charge in [-0.25, -0.2) is 4.98 Å². The van der Waals surface area contributed by atoms with Gasteiger partial charge in [-0.3, -0.25) is 0 Å². The summed E-state index contributed by atoms with van der Waals surface area (Å²) in [6, 6.07) is 1.72. The standard InChI is InChI=1S/C6H6Cl2N2/c1-9-4-2-5(7)6(8)10-3-4/h2-3,9H,1H3. The zero-order chi connectivity index (χ0) is 7.56. The van der Waals surface area contributed by atoms with Crippen molar-refractivity contribution in [2.45, 2.75) is 0 Å². The Labute approximate surface area is 69.2 Å². The Bertz CT molecular complexity index is 237. The van der Waals surface area contributed by atoms with Gasteiger partial charge in [0.2, 0.25) is 0 Å². The van der Waals surface area contributed by atoms with Gasteiger partial charge in [-0.2, -0.15) is 0 Å². The molecule has 0 aromatic carbocycles. The third-order valence-electron chi connectivity index (χ3n) is 1.08. The molecule has 1 heterocycles. The van der Waals surface area contributed by atoms with E-state index in [1.807, 2.05) is 0 Å². The van der Waals surface area contributed by atoms with Crippen LogP contribution in [0.15, 0.2) is 12.3 Å². The maximum absolute atomic E-state index is 5.66. The second-order valence-electron chi connectivity index (χ2n) is 1.75. The van der Waals surface area contributed by atoms with Crippen LogP contribution in [0.4, 0.5) is 5.69 Å². The molecule has 10 heavy (non-hydrogen) atoms. The molecule has 0 saturated heterocycles. The molecule has 0 aliphatic heterocycles. The fraction of sp³-hybridized carbons (Fsp3) is 0.167. The first-order valence-electron chi connectivity index (χ1n) is 2.73. The number of anilines is 1. The molecule has 0 aliphatic carbocycles. The van der Waals surface area contributed by atoms with Crippen LogP contribution < -0.4 is 5.32 Å². The molecule has 1 N–H and O–H groups in total. The molecular weight excluding hydrogens is 171 g/mol. The maximum atomic E-state index is 5.66. The molecule has 0 spiro atoms. The molecule has 4 heteroatoms. The van der Waals surface area contributed by atoms with E-state index < -0.39 is 0 Å². The quantitative estimate of drug-likeness (QED) is 0.666. The minimum Gasteiger partial charge on any atom is -0.387 e. The monoisotopic (exact) mass is 176 g/mol. The van der Waals surface area contributed by atoms with Crippen LogP contribution in [0.5, 0.6) is 0 Å². The zero-order valence-corrected chi connectivity index (χ0v) is 6.87. The van der Waals surface area contributed by atoms with Crippen molar-refractivity contribution >= 4 is 28.9 Å². The van der Waals surface area contributed by atoms with Crippen molar-refractivity contribution in [2.75, 3.05) is 12.4 Å². The van der Waals surface area contributed by atoms with Gasteiger partial charge >= 0.3 is 0 Å². The van der Waals surface area contributed by atoms with E-state index in [0.29, 0.717) is 10.2 Å². The van der Waals surface area contributed by atoms with Gasteiger partial charge in [0, 0.05) is 7.05 Å². The molecule has 1 aromatic heterocycles. The second kappa shape index (κ2) is 3.08. The van der Waals surface area contributed by atoms with E-state index in [9.17, 15) is 0 Å². The van der Waals surface area contributed by atoms with E-state index in [0.717, 1.165) is 5.69 Å². The predicted molar refractivity (Wildman–Crippen MR) is 43.8 cm³/mol. The van der Waals surface area contributed by atoms with E-state index in [1.165, 1.54) is 0 Å². The Morgan fingerprint density at radius 1 is 1.50 bits per heavy atom. The SMILES string of the molecule is CNc1cnc(Cl)c(Cl)c1. The average Bonchev–Trinajstić information content (AvgIpc) is 1.95. The summed E-state index contributed by atoms with van der Waals surface area (Å²) in [5.41, 5.74) is 0.856. The first-order chi connectivity index (χ1) is 4.74. The first-order valence-corrected chi connectivity index (χ1v) is 3.48. The summed E-state index contributed by atoms with van der Waals surface area (Å²) in [5, 5.41) is 3.69. The largest absolute Gasteiger partial charge is 0.387 e. The van der Waals surface area contributed by atoms with E-state index in [2.05, 4.69) is 10.3 Å². The van der Waals surface area contributed by atoms with Crippen LogP contribution in [-0.4, -0.2) is 12.0 Å². The summed E-state index contributed by atoms with van der Waals surface area (Å²) >= 11 is 11.2. The summed E-state index contributed by atoms with van der Waals surface area (Å²) in [4.78, 5) is 3.82. The first kappa shape index (κ1) is 7.63. The molecular formula is C6H6Cl2N2. The number of hydrogen-bond donors (Lipinski definition) is 1. The molecule has 0 aliphatic rings. The van der Waals surface area contributed by atoms with Gasteiger partial charge < -0.3 is 5.32 Å². The van der Waals surface area contributed by atoms with Gasteiger partial charge in [-0.15, -0.1) is 0 Å². The Morgan fingerprint density at radius 3 is 2.70 bits per heavy atom. The van der Waals surface area contributed by atoms with Crippen molar-refractivity contribution in [3.8, 4) is 0 Å². The number of halogens is 2. The lowest BCUT2D eigenvalue weighted by Gasteiger charge is -1.99. The fourth-order valence-corrected chi connectivity index (χ4v) is 0.828.